The first kappa shape index (κ1) is 13.9. The molecule has 2 atom stereocenters. The van der Waals surface area contributed by atoms with Gasteiger partial charge in [0.25, 0.3) is 0 Å². The smallest absolute Gasteiger partial charge is 0.0613 e. The first-order valence-electron chi connectivity index (χ1n) is 6.40. The van der Waals surface area contributed by atoms with Crippen molar-refractivity contribution in [2.45, 2.75) is 52.0 Å². The molecule has 0 amide bonds. The first-order valence-corrected chi connectivity index (χ1v) is 6.40. The van der Waals surface area contributed by atoms with E-state index in [1.807, 2.05) is 0 Å². The van der Waals surface area contributed by atoms with E-state index >= 15 is 0 Å². The molecule has 16 heavy (non-hydrogen) atoms. The van der Waals surface area contributed by atoms with E-state index in [0.717, 1.165) is 25.8 Å². The molecule has 3 heteroatoms. The zero-order chi connectivity index (χ0) is 12.2. The second-order valence-corrected chi connectivity index (χ2v) is 6.30. The third-order valence-corrected chi connectivity index (χ3v) is 3.59. The van der Waals surface area contributed by atoms with Crippen LogP contribution in [0.1, 0.15) is 46.5 Å². The molecule has 0 saturated heterocycles. The van der Waals surface area contributed by atoms with Crippen LogP contribution in [0.15, 0.2) is 0 Å². The molecule has 0 aliphatic heterocycles. The first-order chi connectivity index (χ1) is 7.43. The summed E-state index contributed by atoms with van der Waals surface area (Å²) in [5.74, 6) is 0.650. The van der Waals surface area contributed by atoms with Crippen LogP contribution in [-0.4, -0.2) is 35.5 Å². The minimum Gasteiger partial charge on any atom is -0.396 e. The van der Waals surface area contributed by atoms with Crippen molar-refractivity contribution in [3.05, 3.63) is 0 Å². The Hall–Kier alpha value is -0.120. The summed E-state index contributed by atoms with van der Waals surface area (Å²) in [5.41, 5.74) is 0.170. The van der Waals surface area contributed by atoms with Gasteiger partial charge >= 0.3 is 0 Å². The van der Waals surface area contributed by atoms with E-state index in [0.29, 0.717) is 11.3 Å². The third kappa shape index (κ3) is 3.72. The quantitative estimate of drug-likeness (QED) is 0.627. The van der Waals surface area contributed by atoms with Gasteiger partial charge in [-0.05, 0) is 43.6 Å². The lowest BCUT2D eigenvalue weighted by Crippen LogP contribution is -2.55. The van der Waals surface area contributed by atoms with Crippen molar-refractivity contribution in [2.24, 2.45) is 11.3 Å². The predicted octanol–water partition coefficient (Wildman–Crippen LogP) is 1.54. The maximum atomic E-state index is 9.67. The molecule has 0 aromatic heterocycles. The van der Waals surface area contributed by atoms with Gasteiger partial charge in [0, 0.05) is 12.1 Å². The van der Waals surface area contributed by atoms with Crippen molar-refractivity contribution >= 4 is 0 Å². The number of rotatable bonds is 5. The largest absolute Gasteiger partial charge is 0.396 e. The highest BCUT2D eigenvalue weighted by atomic mass is 16.3. The molecule has 0 radical (unpaired) electrons. The van der Waals surface area contributed by atoms with E-state index in [-0.39, 0.29) is 18.8 Å². The van der Waals surface area contributed by atoms with E-state index < -0.39 is 0 Å². The molecule has 3 N–H and O–H groups in total. The second-order valence-electron chi connectivity index (χ2n) is 6.30. The van der Waals surface area contributed by atoms with Gasteiger partial charge in [-0.2, -0.15) is 0 Å². The highest BCUT2D eigenvalue weighted by molar-refractivity contribution is 4.98. The number of aliphatic hydroxyl groups is 2. The van der Waals surface area contributed by atoms with Gasteiger partial charge in [0.2, 0.25) is 0 Å². The van der Waals surface area contributed by atoms with Crippen molar-refractivity contribution in [1.82, 2.24) is 5.32 Å². The summed E-state index contributed by atoms with van der Waals surface area (Å²) in [6, 6.07) is 0. The Bertz CT molecular complexity index is 218. The van der Waals surface area contributed by atoms with Crippen LogP contribution in [0.2, 0.25) is 0 Å². The maximum absolute atomic E-state index is 9.67. The Kier molecular flexibility index (Phi) is 4.77. The van der Waals surface area contributed by atoms with Gasteiger partial charge in [-0.25, -0.2) is 0 Å². The van der Waals surface area contributed by atoms with Crippen LogP contribution >= 0.6 is 0 Å². The molecule has 1 rings (SSSR count). The summed E-state index contributed by atoms with van der Waals surface area (Å²) in [6.45, 7) is 8.03. The number of aliphatic hydroxyl groups excluding tert-OH is 2. The number of hydrogen-bond donors (Lipinski definition) is 3. The van der Waals surface area contributed by atoms with Gasteiger partial charge in [-0.1, -0.05) is 20.8 Å². The van der Waals surface area contributed by atoms with Crippen molar-refractivity contribution < 1.29 is 10.2 Å². The zero-order valence-electron chi connectivity index (χ0n) is 10.9. The molecule has 2 unspecified atom stereocenters. The average Bonchev–Trinajstić information content (AvgIpc) is 2.15. The normalized spacial score (nSPS) is 33.9. The van der Waals surface area contributed by atoms with Gasteiger partial charge < -0.3 is 15.5 Å². The Balaban J connectivity index is 2.62. The molecule has 0 heterocycles. The van der Waals surface area contributed by atoms with Crippen molar-refractivity contribution in [2.75, 3.05) is 19.8 Å². The fourth-order valence-electron chi connectivity index (χ4n) is 3.49. The van der Waals surface area contributed by atoms with Crippen molar-refractivity contribution in [3.8, 4) is 0 Å². The molecule has 1 aliphatic carbocycles. The van der Waals surface area contributed by atoms with E-state index in [2.05, 4.69) is 26.1 Å². The second kappa shape index (κ2) is 5.48. The van der Waals surface area contributed by atoms with E-state index in [4.69, 9.17) is 5.11 Å². The van der Waals surface area contributed by atoms with Gasteiger partial charge in [-0.15, -0.1) is 0 Å². The Morgan fingerprint density at radius 3 is 2.44 bits per heavy atom. The minimum absolute atomic E-state index is 0.129. The number of nitrogens with one attached hydrogen (secondary N) is 1. The average molecular weight is 229 g/mol. The molecule has 3 nitrogen and oxygen atoms in total. The summed E-state index contributed by atoms with van der Waals surface area (Å²) in [5, 5.41) is 21.9. The zero-order valence-corrected chi connectivity index (χ0v) is 10.9. The fourth-order valence-corrected chi connectivity index (χ4v) is 3.49. The SMILES string of the molecule is CC1CC(C)(C)CC(CO)(NCCCO)C1. The standard InChI is InChI=1S/C13H27NO2/c1-11-7-12(2,3)9-13(8-11,10-16)14-5-4-6-15/h11,14-16H,4-10H2,1-3H3. The fraction of sp³-hybridized carbons (Fsp3) is 1.00. The molecule has 0 aromatic carbocycles. The predicted molar refractivity (Wildman–Crippen MR) is 66.3 cm³/mol. The van der Waals surface area contributed by atoms with E-state index in [9.17, 15) is 5.11 Å². The van der Waals surface area contributed by atoms with Gasteiger partial charge in [0.15, 0.2) is 0 Å². The van der Waals surface area contributed by atoms with Gasteiger partial charge in [-0.3, -0.25) is 0 Å². The van der Waals surface area contributed by atoms with E-state index in [1.54, 1.807) is 0 Å². The van der Waals surface area contributed by atoms with Crippen molar-refractivity contribution in [1.29, 1.82) is 0 Å². The topological polar surface area (TPSA) is 52.5 Å². The third-order valence-electron chi connectivity index (χ3n) is 3.59. The molecule has 0 aromatic rings. The molecular weight excluding hydrogens is 202 g/mol. The monoisotopic (exact) mass is 229 g/mol. The molecule has 1 aliphatic rings. The van der Waals surface area contributed by atoms with Crippen molar-refractivity contribution in [3.63, 3.8) is 0 Å². The van der Waals surface area contributed by atoms with Crippen LogP contribution in [0.5, 0.6) is 0 Å². The van der Waals surface area contributed by atoms with Gasteiger partial charge in [0.05, 0.1) is 6.61 Å². The molecule has 1 fully saturated rings. The van der Waals surface area contributed by atoms with Gasteiger partial charge in [0.1, 0.15) is 0 Å². The Morgan fingerprint density at radius 1 is 1.25 bits per heavy atom. The summed E-state index contributed by atoms with van der Waals surface area (Å²) in [4.78, 5) is 0. The van der Waals surface area contributed by atoms with E-state index in [1.165, 1.54) is 6.42 Å². The molecule has 0 bridgehead atoms. The lowest BCUT2D eigenvalue weighted by molar-refractivity contribution is 0.0357. The Morgan fingerprint density at radius 2 is 1.94 bits per heavy atom. The van der Waals surface area contributed by atoms with Crippen LogP contribution in [0.25, 0.3) is 0 Å². The molecule has 1 saturated carbocycles. The highest BCUT2D eigenvalue weighted by Gasteiger charge is 2.41. The highest BCUT2D eigenvalue weighted by Crippen LogP contribution is 2.43. The summed E-state index contributed by atoms with van der Waals surface area (Å²) < 4.78 is 0. The minimum atomic E-state index is -0.129. The maximum Gasteiger partial charge on any atom is 0.0613 e. The molecule has 0 spiro atoms. The summed E-state index contributed by atoms with van der Waals surface area (Å²) >= 11 is 0. The summed E-state index contributed by atoms with van der Waals surface area (Å²) in [6.07, 6.45) is 4.05. The van der Waals surface area contributed by atoms with Crippen LogP contribution in [0.4, 0.5) is 0 Å². The lowest BCUT2D eigenvalue weighted by Gasteiger charge is -2.47. The summed E-state index contributed by atoms with van der Waals surface area (Å²) in [7, 11) is 0. The lowest BCUT2D eigenvalue weighted by atomic mass is 9.64. The van der Waals surface area contributed by atoms with Crippen LogP contribution in [-0.2, 0) is 0 Å². The van der Waals surface area contributed by atoms with Crippen LogP contribution in [0, 0.1) is 11.3 Å². The van der Waals surface area contributed by atoms with Crippen LogP contribution < -0.4 is 5.32 Å². The molecular formula is C13H27NO2. The van der Waals surface area contributed by atoms with Crippen LogP contribution in [0.3, 0.4) is 0 Å². The number of hydrogen-bond acceptors (Lipinski definition) is 3. The molecule has 96 valence electrons. The Labute approximate surface area is 99.3 Å².